The monoisotopic (exact) mass is 320 g/mol. The molecule has 0 aromatic heterocycles. The van der Waals surface area contributed by atoms with E-state index in [4.69, 9.17) is 4.74 Å². The van der Waals surface area contributed by atoms with E-state index in [1.54, 1.807) is 30.3 Å². The molecule has 2 rings (SSSR count). The fourth-order valence-corrected chi connectivity index (χ4v) is 2.66. The molecule has 0 spiro atoms. The number of rotatable bonds is 7. The third-order valence-corrected chi connectivity index (χ3v) is 3.92. The summed E-state index contributed by atoms with van der Waals surface area (Å²) in [6, 6.07) is 11.8. The van der Waals surface area contributed by atoms with Gasteiger partial charge in [0.25, 0.3) is 5.69 Å². The Kier molecular flexibility index (Phi) is 5.62. The number of para-hydroxylation sites is 1. The maximum Gasteiger partial charge on any atom is 0.284 e. The van der Waals surface area contributed by atoms with E-state index in [1.807, 2.05) is 6.07 Å². The van der Waals surface area contributed by atoms with Crippen LogP contribution in [-0.4, -0.2) is 23.7 Å². The summed E-state index contributed by atoms with van der Waals surface area (Å²) in [5.41, 5.74) is 1.04. The molecule has 0 unspecified atom stereocenters. The summed E-state index contributed by atoms with van der Waals surface area (Å²) in [6.07, 6.45) is 0.686. The molecule has 2 aromatic carbocycles. The zero-order valence-corrected chi connectivity index (χ0v) is 12.8. The van der Waals surface area contributed by atoms with Gasteiger partial charge < -0.3 is 9.84 Å². The second kappa shape index (κ2) is 7.67. The molecular weight excluding hydrogens is 304 g/mol. The van der Waals surface area contributed by atoms with Crippen molar-refractivity contribution in [2.75, 3.05) is 13.7 Å². The molecule has 0 heterocycles. The van der Waals surface area contributed by atoms with Crippen LogP contribution in [0, 0.1) is 10.1 Å². The summed E-state index contributed by atoms with van der Waals surface area (Å²) >= 11 is 1.23. The van der Waals surface area contributed by atoms with Crippen molar-refractivity contribution in [2.24, 2.45) is 0 Å². The summed E-state index contributed by atoms with van der Waals surface area (Å²) in [7, 11) is 1.50. The van der Waals surface area contributed by atoms with Crippen LogP contribution >= 0.6 is 11.9 Å². The van der Waals surface area contributed by atoms with E-state index in [0.717, 1.165) is 5.56 Å². The van der Waals surface area contributed by atoms with Crippen molar-refractivity contribution < 1.29 is 14.8 Å². The Labute approximate surface area is 132 Å². The highest BCUT2D eigenvalue weighted by molar-refractivity contribution is 7.97. The van der Waals surface area contributed by atoms with Gasteiger partial charge in [-0.05, 0) is 42.1 Å². The van der Waals surface area contributed by atoms with Crippen LogP contribution in [0.5, 0.6) is 11.5 Å². The molecule has 0 aliphatic heterocycles. The van der Waals surface area contributed by atoms with Gasteiger partial charge in [0.2, 0.25) is 0 Å². The number of aromatic hydroxyl groups is 1. The lowest BCUT2D eigenvalue weighted by atomic mass is 10.1. The average Bonchev–Trinajstić information content (AvgIpc) is 2.52. The third kappa shape index (κ3) is 4.12. The molecular formula is C15H16N2O4S. The van der Waals surface area contributed by atoms with Gasteiger partial charge >= 0.3 is 0 Å². The Morgan fingerprint density at radius 3 is 2.77 bits per heavy atom. The molecule has 0 fully saturated rings. The van der Waals surface area contributed by atoms with Crippen molar-refractivity contribution in [3.05, 3.63) is 58.1 Å². The Bertz CT molecular complexity index is 664. The molecule has 0 saturated carbocycles. The van der Waals surface area contributed by atoms with Gasteiger partial charge in [-0.15, -0.1) is 0 Å². The van der Waals surface area contributed by atoms with Crippen LogP contribution in [-0.2, 0) is 6.42 Å². The minimum absolute atomic E-state index is 0.0853. The minimum atomic E-state index is -0.397. The third-order valence-electron chi connectivity index (χ3n) is 3.00. The van der Waals surface area contributed by atoms with Gasteiger partial charge in [-0.3, -0.25) is 14.8 Å². The molecule has 7 heteroatoms. The summed E-state index contributed by atoms with van der Waals surface area (Å²) < 4.78 is 8.08. The molecule has 0 atom stereocenters. The van der Waals surface area contributed by atoms with Crippen LogP contribution in [0.4, 0.5) is 5.69 Å². The van der Waals surface area contributed by atoms with E-state index in [-0.39, 0.29) is 11.4 Å². The maximum atomic E-state index is 10.9. The number of hydrogen-bond acceptors (Lipinski definition) is 6. The Morgan fingerprint density at radius 2 is 2.09 bits per heavy atom. The average molecular weight is 320 g/mol. The number of phenols is 1. The molecule has 0 bridgehead atoms. The number of methoxy groups -OCH3 is 1. The number of nitrogens with zero attached hydrogens (tertiary/aromatic N) is 1. The fraction of sp³-hybridized carbons (Fsp3) is 0.200. The summed E-state index contributed by atoms with van der Waals surface area (Å²) in [6.45, 7) is 0.614. The van der Waals surface area contributed by atoms with Crippen molar-refractivity contribution in [1.29, 1.82) is 0 Å². The van der Waals surface area contributed by atoms with Crippen molar-refractivity contribution in [2.45, 2.75) is 11.3 Å². The topological polar surface area (TPSA) is 84.6 Å². The van der Waals surface area contributed by atoms with Crippen LogP contribution in [0.25, 0.3) is 0 Å². The summed E-state index contributed by atoms with van der Waals surface area (Å²) in [5.74, 6) is 0.539. The highest BCUT2D eigenvalue weighted by atomic mass is 32.2. The maximum absolute atomic E-state index is 10.9. The van der Waals surface area contributed by atoms with Gasteiger partial charge in [0.1, 0.15) is 4.90 Å². The van der Waals surface area contributed by atoms with Gasteiger partial charge in [-0.25, -0.2) is 0 Å². The lowest BCUT2D eigenvalue weighted by Crippen LogP contribution is -2.08. The molecule has 0 radical (unpaired) electrons. The quantitative estimate of drug-likeness (QED) is 0.353. The van der Waals surface area contributed by atoms with Crippen LogP contribution in [0.2, 0.25) is 0 Å². The van der Waals surface area contributed by atoms with Gasteiger partial charge in [0, 0.05) is 12.6 Å². The van der Waals surface area contributed by atoms with Crippen LogP contribution in [0.15, 0.2) is 47.4 Å². The molecule has 6 nitrogen and oxygen atoms in total. The van der Waals surface area contributed by atoms with E-state index < -0.39 is 4.92 Å². The van der Waals surface area contributed by atoms with Crippen LogP contribution in [0.1, 0.15) is 5.56 Å². The Morgan fingerprint density at radius 1 is 1.32 bits per heavy atom. The molecule has 0 aliphatic rings. The highest BCUT2D eigenvalue weighted by Crippen LogP contribution is 2.27. The van der Waals surface area contributed by atoms with Crippen LogP contribution < -0.4 is 9.46 Å². The molecule has 2 N–H and O–H groups in total. The van der Waals surface area contributed by atoms with E-state index in [9.17, 15) is 15.2 Å². The number of hydrogen-bond donors (Lipinski definition) is 2. The number of benzene rings is 2. The molecule has 0 aliphatic carbocycles. The molecule has 0 saturated heterocycles. The van der Waals surface area contributed by atoms with Crippen LogP contribution in [0.3, 0.4) is 0 Å². The first-order valence-electron chi connectivity index (χ1n) is 6.61. The van der Waals surface area contributed by atoms with E-state index in [2.05, 4.69) is 4.72 Å². The van der Waals surface area contributed by atoms with Crippen molar-refractivity contribution in [3.63, 3.8) is 0 Å². The zero-order chi connectivity index (χ0) is 15.9. The van der Waals surface area contributed by atoms with Gasteiger partial charge in [0.05, 0.1) is 12.0 Å². The molecule has 22 heavy (non-hydrogen) atoms. The first-order valence-corrected chi connectivity index (χ1v) is 7.42. The summed E-state index contributed by atoms with van der Waals surface area (Å²) in [4.78, 5) is 11.1. The summed E-state index contributed by atoms with van der Waals surface area (Å²) in [5, 5.41) is 20.6. The van der Waals surface area contributed by atoms with Crippen molar-refractivity contribution >= 4 is 17.6 Å². The number of ether oxygens (including phenoxy) is 1. The number of nitro groups is 1. The van der Waals surface area contributed by atoms with Gasteiger partial charge in [-0.2, -0.15) is 0 Å². The largest absolute Gasteiger partial charge is 0.504 e. The second-order valence-corrected chi connectivity index (χ2v) is 5.41. The smallest absolute Gasteiger partial charge is 0.284 e. The number of phenolic OH excluding ortho intramolecular Hbond substituents is 1. The lowest BCUT2D eigenvalue weighted by Gasteiger charge is -2.07. The lowest BCUT2D eigenvalue weighted by molar-refractivity contribution is -0.387. The standard InChI is InChI=1S/C15H16N2O4S/c1-21-14-7-6-11(10-13(14)18)8-9-16-22-15-5-3-2-4-12(15)17(19)20/h2-7,10,16,18H,8-9H2,1H3. The molecule has 116 valence electrons. The van der Waals surface area contributed by atoms with E-state index in [1.165, 1.54) is 25.1 Å². The molecule has 0 amide bonds. The minimum Gasteiger partial charge on any atom is -0.504 e. The first kappa shape index (κ1) is 16.1. The van der Waals surface area contributed by atoms with E-state index in [0.29, 0.717) is 23.6 Å². The van der Waals surface area contributed by atoms with Gasteiger partial charge in [-0.1, -0.05) is 18.2 Å². The Balaban J connectivity index is 1.87. The van der Waals surface area contributed by atoms with Gasteiger partial charge in [0.15, 0.2) is 11.5 Å². The fourth-order valence-electron chi connectivity index (χ4n) is 1.91. The van der Waals surface area contributed by atoms with Crippen molar-refractivity contribution in [1.82, 2.24) is 4.72 Å². The van der Waals surface area contributed by atoms with Crippen molar-refractivity contribution in [3.8, 4) is 11.5 Å². The SMILES string of the molecule is COc1ccc(CCNSc2ccccc2[N+](=O)[O-])cc1O. The molecule has 2 aromatic rings. The number of nitro benzene ring substituents is 1. The normalized spacial score (nSPS) is 10.4. The highest BCUT2D eigenvalue weighted by Gasteiger charge is 2.12. The predicted octanol–water partition coefficient (Wildman–Crippen LogP) is 3.15. The second-order valence-electron chi connectivity index (χ2n) is 4.48. The zero-order valence-electron chi connectivity index (χ0n) is 12.0. The Hall–Kier alpha value is -2.25. The predicted molar refractivity (Wildman–Crippen MR) is 85.3 cm³/mol. The van der Waals surface area contributed by atoms with E-state index >= 15 is 0 Å². The number of nitrogens with one attached hydrogen (secondary N) is 1. The first-order chi connectivity index (χ1) is 10.6.